The van der Waals surface area contributed by atoms with E-state index < -0.39 is 0 Å². The molecule has 0 unspecified atom stereocenters. The van der Waals surface area contributed by atoms with Crippen molar-refractivity contribution in [2.45, 2.75) is 39.5 Å². The average molecular weight is 226 g/mol. The van der Waals surface area contributed by atoms with Crippen LogP contribution < -0.4 is 5.32 Å². The van der Waals surface area contributed by atoms with Crippen molar-refractivity contribution in [1.29, 1.82) is 0 Å². The van der Waals surface area contributed by atoms with Gasteiger partial charge in [0.05, 0.1) is 0 Å². The first-order valence-electron chi connectivity index (χ1n) is 6.24. The summed E-state index contributed by atoms with van der Waals surface area (Å²) in [7, 11) is 0. The Morgan fingerprint density at radius 3 is 2.38 bits per heavy atom. The molecule has 0 atom stereocenters. The molecule has 4 nitrogen and oxygen atoms in total. The van der Waals surface area contributed by atoms with E-state index in [9.17, 15) is 9.59 Å². The lowest BCUT2D eigenvalue weighted by Crippen LogP contribution is -2.42. The van der Waals surface area contributed by atoms with Crippen LogP contribution >= 0.6 is 0 Å². The van der Waals surface area contributed by atoms with Gasteiger partial charge in [0.1, 0.15) is 0 Å². The zero-order valence-corrected chi connectivity index (χ0v) is 10.3. The quantitative estimate of drug-likeness (QED) is 0.782. The van der Waals surface area contributed by atoms with Crippen molar-refractivity contribution in [3.05, 3.63) is 0 Å². The van der Waals surface area contributed by atoms with Gasteiger partial charge >= 0.3 is 0 Å². The Bertz CT molecular complexity index is 219. The largest absolute Gasteiger partial charge is 0.356 e. The van der Waals surface area contributed by atoms with E-state index >= 15 is 0 Å². The maximum absolute atomic E-state index is 11.6. The smallest absolute Gasteiger partial charge is 0.223 e. The van der Waals surface area contributed by atoms with Crippen molar-refractivity contribution in [3.63, 3.8) is 0 Å². The van der Waals surface area contributed by atoms with E-state index in [-0.39, 0.29) is 17.7 Å². The van der Waals surface area contributed by atoms with Crippen LogP contribution in [0.5, 0.6) is 0 Å². The summed E-state index contributed by atoms with van der Waals surface area (Å²) in [5, 5.41) is 2.84. The van der Waals surface area contributed by atoms with Crippen LogP contribution in [0.3, 0.4) is 0 Å². The summed E-state index contributed by atoms with van der Waals surface area (Å²) in [5.74, 6) is 0.479. The second-order valence-corrected chi connectivity index (χ2v) is 4.30. The number of carbonyl (C=O) groups excluding carboxylic acids is 2. The Hall–Kier alpha value is -1.06. The number of hydrogen-bond donors (Lipinski definition) is 1. The first-order valence-corrected chi connectivity index (χ1v) is 6.24. The van der Waals surface area contributed by atoms with Gasteiger partial charge in [-0.3, -0.25) is 9.59 Å². The van der Waals surface area contributed by atoms with Crippen molar-refractivity contribution in [2.75, 3.05) is 19.6 Å². The highest BCUT2D eigenvalue weighted by atomic mass is 16.2. The minimum atomic E-state index is 0.102. The predicted molar refractivity (Wildman–Crippen MR) is 62.9 cm³/mol. The third-order valence-corrected chi connectivity index (χ3v) is 3.03. The number of carbonyl (C=O) groups is 2. The first kappa shape index (κ1) is 13.0. The van der Waals surface area contributed by atoms with E-state index in [0.29, 0.717) is 13.0 Å². The molecule has 0 saturated carbocycles. The summed E-state index contributed by atoms with van der Waals surface area (Å²) in [6, 6.07) is 0. The van der Waals surface area contributed by atoms with Crippen LogP contribution in [0, 0.1) is 5.92 Å². The molecular weight excluding hydrogens is 204 g/mol. The molecule has 2 amide bonds. The van der Waals surface area contributed by atoms with E-state index in [2.05, 4.69) is 5.32 Å². The number of amides is 2. The monoisotopic (exact) mass is 226 g/mol. The molecule has 1 rings (SSSR count). The van der Waals surface area contributed by atoms with Gasteiger partial charge in [0, 0.05) is 32.0 Å². The van der Waals surface area contributed by atoms with E-state index in [1.807, 2.05) is 18.7 Å². The number of rotatable bonds is 4. The molecule has 4 heteroatoms. The average Bonchev–Trinajstić information content (AvgIpc) is 2.30. The molecule has 0 aromatic heterocycles. The second-order valence-electron chi connectivity index (χ2n) is 4.30. The third kappa shape index (κ3) is 3.51. The Morgan fingerprint density at radius 2 is 1.88 bits per heavy atom. The molecule has 0 bridgehead atoms. The number of hydrogen-bond acceptors (Lipinski definition) is 2. The van der Waals surface area contributed by atoms with Crippen LogP contribution in [0.25, 0.3) is 0 Å². The number of piperidine rings is 1. The zero-order valence-electron chi connectivity index (χ0n) is 10.3. The third-order valence-electron chi connectivity index (χ3n) is 3.03. The highest BCUT2D eigenvalue weighted by molar-refractivity contribution is 5.80. The normalized spacial score (nSPS) is 17.2. The van der Waals surface area contributed by atoms with Crippen LogP contribution in [0.2, 0.25) is 0 Å². The highest BCUT2D eigenvalue weighted by Gasteiger charge is 2.26. The summed E-state index contributed by atoms with van der Waals surface area (Å²) in [4.78, 5) is 25.1. The number of likely N-dealkylation sites (tertiary alicyclic amines) is 1. The van der Waals surface area contributed by atoms with E-state index in [1.165, 1.54) is 0 Å². The van der Waals surface area contributed by atoms with Crippen LogP contribution in [-0.2, 0) is 9.59 Å². The van der Waals surface area contributed by atoms with Gasteiger partial charge in [-0.15, -0.1) is 0 Å². The first-order chi connectivity index (χ1) is 7.69. The number of nitrogens with zero attached hydrogens (tertiary/aromatic N) is 1. The summed E-state index contributed by atoms with van der Waals surface area (Å²) in [5.41, 5.74) is 0. The van der Waals surface area contributed by atoms with Gasteiger partial charge in [0.15, 0.2) is 0 Å². The fourth-order valence-electron chi connectivity index (χ4n) is 2.08. The summed E-state index contributed by atoms with van der Waals surface area (Å²) >= 11 is 0. The van der Waals surface area contributed by atoms with E-state index in [4.69, 9.17) is 0 Å². The standard InChI is InChI=1S/C12H22N2O2/c1-3-5-11(15)14-8-6-10(7-9-14)12(16)13-4-2/h10H,3-9H2,1-2H3,(H,13,16). The zero-order chi connectivity index (χ0) is 12.0. The van der Waals surface area contributed by atoms with Gasteiger partial charge in [-0.1, -0.05) is 6.92 Å². The van der Waals surface area contributed by atoms with Gasteiger partial charge in [0.2, 0.25) is 11.8 Å². The van der Waals surface area contributed by atoms with Crippen molar-refractivity contribution in [2.24, 2.45) is 5.92 Å². The molecular formula is C12H22N2O2. The SMILES string of the molecule is CCCC(=O)N1CCC(C(=O)NCC)CC1. The summed E-state index contributed by atoms with van der Waals surface area (Å²) in [6.45, 7) is 6.10. The molecule has 92 valence electrons. The lowest BCUT2D eigenvalue weighted by Gasteiger charge is -2.31. The van der Waals surface area contributed by atoms with Gasteiger partial charge in [0.25, 0.3) is 0 Å². The summed E-state index contributed by atoms with van der Waals surface area (Å²) in [6.07, 6.45) is 3.14. The highest BCUT2D eigenvalue weighted by Crippen LogP contribution is 2.18. The van der Waals surface area contributed by atoms with Gasteiger partial charge in [-0.25, -0.2) is 0 Å². The molecule has 0 aromatic rings. The molecule has 1 aliphatic rings. The maximum atomic E-state index is 11.6. The van der Waals surface area contributed by atoms with E-state index in [0.717, 1.165) is 32.4 Å². The van der Waals surface area contributed by atoms with Gasteiger partial charge in [-0.2, -0.15) is 0 Å². The maximum Gasteiger partial charge on any atom is 0.223 e. The lowest BCUT2D eigenvalue weighted by atomic mass is 9.95. The van der Waals surface area contributed by atoms with Crippen molar-refractivity contribution >= 4 is 11.8 Å². The van der Waals surface area contributed by atoms with Crippen LogP contribution in [0.1, 0.15) is 39.5 Å². The molecule has 0 aromatic carbocycles. The van der Waals surface area contributed by atoms with Gasteiger partial charge < -0.3 is 10.2 Å². The van der Waals surface area contributed by atoms with Crippen LogP contribution in [0.4, 0.5) is 0 Å². The fraction of sp³-hybridized carbons (Fsp3) is 0.833. The van der Waals surface area contributed by atoms with Crippen molar-refractivity contribution in [3.8, 4) is 0 Å². The van der Waals surface area contributed by atoms with Crippen LogP contribution in [0.15, 0.2) is 0 Å². The summed E-state index contributed by atoms with van der Waals surface area (Å²) < 4.78 is 0. The molecule has 1 fully saturated rings. The Labute approximate surface area is 97.4 Å². The molecule has 1 aliphatic heterocycles. The van der Waals surface area contributed by atoms with E-state index in [1.54, 1.807) is 0 Å². The fourth-order valence-corrected chi connectivity index (χ4v) is 2.08. The Kier molecular flexibility index (Phi) is 5.29. The molecule has 0 aliphatic carbocycles. The van der Waals surface area contributed by atoms with Crippen LogP contribution in [-0.4, -0.2) is 36.3 Å². The topological polar surface area (TPSA) is 49.4 Å². The van der Waals surface area contributed by atoms with Crippen molar-refractivity contribution < 1.29 is 9.59 Å². The number of nitrogens with one attached hydrogen (secondary N) is 1. The predicted octanol–water partition coefficient (Wildman–Crippen LogP) is 1.16. The molecule has 0 radical (unpaired) electrons. The second kappa shape index (κ2) is 6.51. The minimum absolute atomic E-state index is 0.102. The Balaban J connectivity index is 2.33. The molecule has 1 saturated heterocycles. The lowest BCUT2D eigenvalue weighted by molar-refractivity contribution is -0.135. The Morgan fingerprint density at radius 1 is 1.25 bits per heavy atom. The minimum Gasteiger partial charge on any atom is -0.356 e. The molecule has 1 heterocycles. The molecule has 0 spiro atoms. The van der Waals surface area contributed by atoms with Gasteiger partial charge in [-0.05, 0) is 26.2 Å². The van der Waals surface area contributed by atoms with Crippen molar-refractivity contribution in [1.82, 2.24) is 10.2 Å². The molecule has 1 N–H and O–H groups in total. The molecule has 16 heavy (non-hydrogen) atoms.